The van der Waals surface area contributed by atoms with Crippen LogP contribution in [0.3, 0.4) is 0 Å². The Kier molecular flexibility index (Phi) is 2.30. The number of nitrogens with zero attached hydrogens (tertiary/aromatic N) is 4. The zero-order valence-electron chi connectivity index (χ0n) is 9.58. The third kappa shape index (κ3) is 1.71. The van der Waals surface area contributed by atoms with E-state index < -0.39 is 0 Å². The molecule has 0 unspecified atom stereocenters. The Morgan fingerprint density at radius 2 is 2.22 bits per heavy atom. The van der Waals surface area contributed by atoms with Crippen molar-refractivity contribution in [2.75, 3.05) is 5.32 Å². The first-order valence-corrected chi connectivity index (χ1v) is 5.35. The van der Waals surface area contributed by atoms with E-state index in [4.69, 9.17) is 0 Å². The molecule has 0 atom stereocenters. The quantitative estimate of drug-likeness (QED) is 0.700. The van der Waals surface area contributed by atoms with Crippen LogP contribution in [0.5, 0.6) is 0 Å². The predicted molar refractivity (Wildman–Crippen MR) is 65.0 cm³/mol. The molecule has 1 amide bonds. The van der Waals surface area contributed by atoms with Gasteiger partial charge in [0.25, 0.3) is 5.91 Å². The number of hydrogen-bond acceptors (Lipinski definition) is 4. The number of aromatic nitrogens is 5. The fourth-order valence-electron chi connectivity index (χ4n) is 1.68. The first-order valence-electron chi connectivity index (χ1n) is 5.35. The van der Waals surface area contributed by atoms with Crippen LogP contribution in [-0.4, -0.2) is 31.1 Å². The van der Waals surface area contributed by atoms with Crippen molar-refractivity contribution in [3.8, 4) is 0 Å². The van der Waals surface area contributed by atoms with E-state index in [9.17, 15) is 4.79 Å². The summed E-state index contributed by atoms with van der Waals surface area (Å²) < 4.78 is 1.47. The molecule has 0 aliphatic carbocycles. The van der Waals surface area contributed by atoms with E-state index in [1.165, 1.54) is 4.68 Å². The van der Waals surface area contributed by atoms with Crippen LogP contribution in [0.4, 0.5) is 5.82 Å². The molecule has 7 heteroatoms. The minimum absolute atomic E-state index is 0.254. The lowest BCUT2D eigenvalue weighted by Gasteiger charge is -1.98. The number of rotatable bonds is 2. The normalized spacial score (nSPS) is 10.7. The van der Waals surface area contributed by atoms with Crippen molar-refractivity contribution in [2.45, 2.75) is 0 Å². The van der Waals surface area contributed by atoms with Crippen molar-refractivity contribution in [3.63, 3.8) is 0 Å². The van der Waals surface area contributed by atoms with Crippen LogP contribution in [0.25, 0.3) is 10.9 Å². The topological polar surface area (TPSA) is 88.5 Å². The number of carbonyl (C=O) groups is 1. The Labute approximate surface area is 102 Å². The molecular formula is C11H10N6O. The summed E-state index contributed by atoms with van der Waals surface area (Å²) in [6.07, 6.45) is 1.55. The summed E-state index contributed by atoms with van der Waals surface area (Å²) in [4.78, 5) is 11.9. The van der Waals surface area contributed by atoms with Gasteiger partial charge >= 0.3 is 0 Å². The van der Waals surface area contributed by atoms with Gasteiger partial charge in [-0.3, -0.25) is 14.6 Å². The van der Waals surface area contributed by atoms with Crippen LogP contribution < -0.4 is 5.32 Å². The van der Waals surface area contributed by atoms with Crippen molar-refractivity contribution >= 4 is 22.6 Å². The van der Waals surface area contributed by atoms with Crippen LogP contribution in [0, 0.1) is 0 Å². The minimum Gasteiger partial charge on any atom is -0.303 e. The average Bonchev–Trinajstić information content (AvgIpc) is 2.97. The Balaban J connectivity index is 1.90. The van der Waals surface area contributed by atoms with Gasteiger partial charge in [0.15, 0.2) is 11.5 Å². The highest BCUT2D eigenvalue weighted by atomic mass is 16.2. The standard InChI is InChI=1S/C11H10N6O/c1-17-6-9(14-16-17)11(18)12-10-7-4-2-3-5-8(7)13-15-10/h2-6H,1H3,(H2,12,13,15,18). The smallest absolute Gasteiger partial charge is 0.279 e. The van der Waals surface area contributed by atoms with Crippen molar-refractivity contribution < 1.29 is 4.79 Å². The van der Waals surface area contributed by atoms with E-state index in [1.54, 1.807) is 13.2 Å². The molecule has 0 bridgehead atoms. The summed E-state index contributed by atoms with van der Waals surface area (Å²) in [5.41, 5.74) is 1.12. The van der Waals surface area contributed by atoms with E-state index in [0.29, 0.717) is 5.82 Å². The number of hydrogen-bond donors (Lipinski definition) is 2. The largest absolute Gasteiger partial charge is 0.303 e. The van der Waals surface area contributed by atoms with Gasteiger partial charge < -0.3 is 5.32 Å². The van der Waals surface area contributed by atoms with E-state index in [1.807, 2.05) is 24.3 Å². The van der Waals surface area contributed by atoms with Crippen LogP contribution in [0.1, 0.15) is 10.5 Å². The van der Waals surface area contributed by atoms with Gasteiger partial charge in [-0.1, -0.05) is 17.3 Å². The van der Waals surface area contributed by atoms with Crippen LogP contribution >= 0.6 is 0 Å². The number of anilines is 1. The fraction of sp³-hybridized carbons (Fsp3) is 0.0909. The molecule has 7 nitrogen and oxygen atoms in total. The molecule has 18 heavy (non-hydrogen) atoms. The zero-order valence-corrected chi connectivity index (χ0v) is 9.58. The van der Waals surface area contributed by atoms with E-state index in [2.05, 4.69) is 25.8 Å². The molecular weight excluding hydrogens is 232 g/mol. The number of carbonyl (C=O) groups excluding carboxylic acids is 1. The average molecular weight is 242 g/mol. The van der Waals surface area contributed by atoms with Crippen LogP contribution in [0.15, 0.2) is 30.5 Å². The Morgan fingerprint density at radius 3 is 3.00 bits per heavy atom. The number of aryl methyl sites for hydroxylation is 1. The summed E-state index contributed by atoms with van der Waals surface area (Å²) >= 11 is 0. The third-order valence-electron chi connectivity index (χ3n) is 2.54. The Morgan fingerprint density at radius 1 is 1.39 bits per heavy atom. The molecule has 2 aromatic heterocycles. The molecule has 0 saturated carbocycles. The highest BCUT2D eigenvalue weighted by Crippen LogP contribution is 2.19. The number of fused-ring (bicyclic) bond motifs is 1. The summed E-state index contributed by atoms with van der Waals surface area (Å²) in [5, 5.41) is 17.9. The third-order valence-corrected chi connectivity index (χ3v) is 2.54. The molecule has 0 saturated heterocycles. The maximum absolute atomic E-state index is 11.9. The van der Waals surface area contributed by atoms with E-state index in [0.717, 1.165) is 10.9 Å². The van der Waals surface area contributed by atoms with Crippen molar-refractivity contribution in [1.29, 1.82) is 0 Å². The molecule has 0 aliphatic rings. The molecule has 0 spiro atoms. The highest BCUT2D eigenvalue weighted by Gasteiger charge is 2.13. The first-order chi connectivity index (χ1) is 8.74. The van der Waals surface area contributed by atoms with Gasteiger partial charge in [0.2, 0.25) is 0 Å². The van der Waals surface area contributed by atoms with Crippen molar-refractivity contribution in [3.05, 3.63) is 36.2 Å². The van der Waals surface area contributed by atoms with Gasteiger partial charge in [-0.15, -0.1) is 5.10 Å². The van der Waals surface area contributed by atoms with Gasteiger partial charge in [-0.2, -0.15) is 5.10 Å². The maximum Gasteiger partial charge on any atom is 0.279 e. The molecule has 90 valence electrons. The van der Waals surface area contributed by atoms with Gasteiger partial charge in [-0.05, 0) is 12.1 Å². The summed E-state index contributed by atoms with van der Waals surface area (Å²) in [5.74, 6) is 0.154. The Bertz CT molecular complexity index is 713. The number of H-pyrrole nitrogens is 1. The number of amides is 1. The number of benzene rings is 1. The number of para-hydroxylation sites is 1. The summed E-state index contributed by atoms with van der Waals surface area (Å²) in [6.45, 7) is 0. The second-order valence-corrected chi connectivity index (χ2v) is 3.85. The van der Waals surface area contributed by atoms with Crippen LogP contribution in [-0.2, 0) is 7.05 Å². The molecule has 3 aromatic rings. The molecule has 2 N–H and O–H groups in total. The molecule has 3 rings (SSSR count). The van der Waals surface area contributed by atoms with Crippen molar-refractivity contribution in [1.82, 2.24) is 25.2 Å². The maximum atomic E-state index is 11.9. The molecule has 1 aromatic carbocycles. The van der Waals surface area contributed by atoms with Gasteiger partial charge in [-0.25, -0.2) is 0 Å². The summed E-state index contributed by atoms with van der Waals surface area (Å²) in [7, 11) is 1.70. The number of aromatic amines is 1. The zero-order chi connectivity index (χ0) is 12.5. The molecule has 2 heterocycles. The molecule has 0 aliphatic heterocycles. The lowest BCUT2D eigenvalue weighted by molar-refractivity contribution is 0.102. The summed E-state index contributed by atoms with van der Waals surface area (Å²) in [6, 6.07) is 7.55. The fourth-order valence-corrected chi connectivity index (χ4v) is 1.68. The lowest BCUT2D eigenvalue weighted by Crippen LogP contribution is -2.12. The lowest BCUT2D eigenvalue weighted by atomic mass is 10.2. The SMILES string of the molecule is Cn1cc(C(=O)Nc2n[nH]c3ccccc23)nn1. The monoisotopic (exact) mass is 242 g/mol. The second-order valence-electron chi connectivity index (χ2n) is 3.85. The molecule has 0 fully saturated rings. The predicted octanol–water partition coefficient (Wildman–Crippen LogP) is 0.944. The van der Waals surface area contributed by atoms with E-state index >= 15 is 0 Å². The van der Waals surface area contributed by atoms with Gasteiger partial charge in [0.05, 0.1) is 11.7 Å². The van der Waals surface area contributed by atoms with Gasteiger partial charge in [0.1, 0.15) is 0 Å². The van der Waals surface area contributed by atoms with Crippen molar-refractivity contribution in [2.24, 2.45) is 7.05 Å². The second kappa shape index (κ2) is 3.95. The molecule has 0 radical (unpaired) electrons. The number of nitrogens with one attached hydrogen (secondary N) is 2. The Hall–Kier alpha value is -2.70. The van der Waals surface area contributed by atoms with E-state index in [-0.39, 0.29) is 11.6 Å². The van der Waals surface area contributed by atoms with Gasteiger partial charge in [0, 0.05) is 12.4 Å². The highest BCUT2D eigenvalue weighted by molar-refractivity contribution is 6.06. The van der Waals surface area contributed by atoms with Crippen LogP contribution in [0.2, 0.25) is 0 Å². The first kappa shape index (κ1) is 10.5. The minimum atomic E-state index is -0.333.